The zero-order valence-electron chi connectivity index (χ0n) is 12.5. The second-order valence-electron chi connectivity index (χ2n) is 4.68. The Kier molecular flexibility index (Phi) is 5.00. The molecule has 0 saturated carbocycles. The molecule has 0 bridgehead atoms. The molecule has 23 heavy (non-hydrogen) atoms. The third-order valence-corrected chi connectivity index (χ3v) is 4.27. The Bertz CT molecular complexity index is 792. The Morgan fingerprint density at radius 3 is 2.43 bits per heavy atom. The van der Waals surface area contributed by atoms with Gasteiger partial charge in [-0.1, -0.05) is 35.9 Å². The Labute approximate surface area is 143 Å². The Balaban J connectivity index is 1.77. The first kappa shape index (κ1) is 15.6. The van der Waals surface area contributed by atoms with Crippen LogP contribution in [-0.4, -0.2) is 12.1 Å². The molecule has 6 heteroatoms. The summed E-state index contributed by atoms with van der Waals surface area (Å²) < 4.78 is 11.9. The number of thiazole rings is 1. The van der Waals surface area contributed by atoms with Crippen LogP contribution < -0.4 is 14.8 Å². The molecule has 3 aromatic rings. The third kappa shape index (κ3) is 3.94. The van der Waals surface area contributed by atoms with E-state index in [0.29, 0.717) is 22.5 Å². The van der Waals surface area contributed by atoms with E-state index in [0.717, 1.165) is 16.3 Å². The molecular weight excluding hydrogens is 332 g/mol. The van der Waals surface area contributed by atoms with Gasteiger partial charge in [-0.3, -0.25) is 0 Å². The lowest BCUT2D eigenvalue weighted by Crippen LogP contribution is -2.00. The lowest BCUT2D eigenvalue weighted by Gasteiger charge is -2.14. The normalized spacial score (nSPS) is 10.3. The van der Waals surface area contributed by atoms with Crippen LogP contribution in [0, 0.1) is 0 Å². The topological polar surface area (TPSA) is 43.4 Å². The Morgan fingerprint density at radius 1 is 1.04 bits per heavy atom. The maximum absolute atomic E-state index is 6.00. The number of halogens is 1. The molecule has 0 aliphatic heterocycles. The van der Waals surface area contributed by atoms with Crippen LogP contribution in [0.15, 0.2) is 54.7 Å². The van der Waals surface area contributed by atoms with Crippen LogP contribution in [0.25, 0.3) is 0 Å². The van der Waals surface area contributed by atoms with E-state index in [4.69, 9.17) is 21.1 Å². The van der Waals surface area contributed by atoms with Gasteiger partial charge in [0, 0.05) is 11.1 Å². The molecule has 0 spiro atoms. The van der Waals surface area contributed by atoms with Crippen LogP contribution >= 0.6 is 22.9 Å². The monoisotopic (exact) mass is 346 g/mol. The summed E-state index contributed by atoms with van der Waals surface area (Å²) in [5, 5.41) is 3.35. The zero-order chi connectivity index (χ0) is 16.1. The summed E-state index contributed by atoms with van der Waals surface area (Å²) in [4.78, 5) is 5.10. The average molecular weight is 347 g/mol. The highest BCUT2D eigenvalue weighted by Crippen LogP contribution is 2.35. The van der Waals surface area contributed by atoms with Gasteiger partial charge in [-0.25, -0.2) is 4.98 Å². The van der Waals surface area contributed by atoms with E-state index in [1.54, 1.807) is 13.3 Å². The van der Waals surface area contributed by atoms with Crippen molar-refractivity contribution in [1.82, 2.24) is 4.98 Å². The standard InChI is InChI=1S/C17H15ClN2O2S/c1-21-15-8-4-5-9-16(15)22-14-7-3-2-6-13(14)19-10-12-11-20-17(18)23-12/h2-9,11,19H,10H2,1H3. The van der Waals surface area contributed by atoms with Crippen LogP contribution in [0.3, 0.4) is 0 Å². The Morgan fingerprint density at radius 2 is 1.74 bits per heavy atom. The molecule has 3 rings (SSSR count). The number of methoxy groups -OCH3 is 1. The molecule has 1 heterocycles. The number of nitrogens with zero attached hydrogens (tertiary/aromatic N) is 1. The maximum atomic E-state index is 6.00. The van der Waals surface area contributed by atoms with Crippen LogP contribution in [0.5, 0.6) is 17.2 Å². The predicted octanol–water partition coefficient (Wildman–Crippen LogP) is 5.21. The summed E-state index contributed by atoms with van der Waals surface area (Å²) in [5.74, 6) is 2.09. The molecule has 4 nitrogen and oxygen atoms in total. The van der Waals surface area contributed by atoms with Gasteiger partial charge in [0.05, 0.1) is 19.3 Å². The van der Waals surface area contributed by atoms with Gasteiger partial charge in [-0.2, -0.15) is 0 Å². The SMILES string of the molecule is COc1ccccc1Oc1ccccc1NCc1cnc(Cl)s1. The van der Waals surface area contributed by atoms with Gasteiger partial charge < -0.3 is 14.8 Å². The molecule has 0 fully saturated rings. The highest BCUT2D eigenvalue weighted by molar-refractivity contribution is 7.15. The largest absolute Gasteiger partial charge is 0.493 e. The van der Waals surface area contributed by atoms with Crippen molar-refractivity contribution in [3.05, 3.63) is 64.1 Å². The first-order chi connectivity index (χ1) is 11.3. The average Bonchev–Trinajstić information content (AvgIpc) is 3.00. The number of aromatic nitrogens is 1. The van der Waals surface area contributed by atoms with Crippen LogP contribution in [0.1, 0.15) is 4.88 Å². The molecule has 0 aliphatic carbocycles. The van der Waals surface area contributed by atoms with E-state index in [1.807, 2.05) is 48.5 Å². The Hall–Kier alpha value is -2.24. The molecule has 2 aromatic carbocycles. The summed E-state index contributed by atoms with van der Waals surface area (Å²) in [6.07, 6.45) is 1.77. The fraction of sp³-hybridized carbons (Fsp3) is 0.118. The highest BCUT2D eigenvalue weighted by Gasteiger charge is 2.08. The molecule has 1 aromatic heterocycles. The fourth-order valence-electron chi connectivity index (χ4n) is 2.07. The van der Waals surface area contributed by atoms with Gasteiger partial charge in [0.25, 0.3) is 0 Å². The number of rotatable bonds is 6. The van der Waals surface area contributed by atoms with E-state index in [1.165, 1.54) is 11.3 Å². The molecule has 0 amide bonds. The van der Waals surface area contributed by atoms with Crippen LogP contribution in [0.2, 0.25) is 4.47 Å². The summed E-state index contributed by atoms with van der Waals surface area (Å²) in [6, 6.07) is 15.3. The van der Waals surface area contributed by atoms with E-state index in [-0.39, 0.29) is 0 Å². The minimum absolute atomic E-state index is 0.542. The third-order valence-electron chi connectivity index (χ3n) is 3.15. The van der Waals surface area contributed by atoms with Gasteiger partial charge in [0.2, 0.25) is 0 Å². The number of hydrogen-bond acceptors (Lipinski definition) is 5. The highest BCUT2D eigenvalue weighted by atomic mass is 35.5. The zero-order valence-corrected chi connectivity index (χ0v) is 14.0. The summed E-state index contributed by atoms with van der Waals surface area (Å²) in [5.41, 5.74) is 0.892. The van der Waals surface area contributed by atoms with E-state index in [9.17, 15) is 0 Å². The minimum Gasteiger partial charge on any atom is -0.493 e. The molecule has 0 saturated heterocycles. The quantitative estimate of drug-likeness (QED) is 0.665. The fourth-order valence-corrected chi connectivity index (χ4v) is 2.99. The van der Waals surface area contributed by atoms with Crippen molar-refractivity contribution < 1.29 is 9.47 Å². The second kappa shape index (κ2) is 7.35. The number of benzene rings is 2. The minimum atomic E-state index is 0.542. The van der Waals surface area contributed by atoms with Crippen molar-refractivity contribution in [1.29, 1.82) is 0 Å². The first-order valence-corrected chi connectivity index (χ1v) is 8.19. The van der Waals surface area contributed by atoms with Gasteiger partial charge in [0.1, 0.15) is 0 Å². The van der Waals surface area contributed by atoms with Gasteiger partial charge in [-0.15, -0.1) is 11.3 Å². The lowest BCUT2D eigenvalue weighted by atomic mass is 10.2. The molecule has 0 atom stereocenters. The smallest absolute Gasteiger partial charge is 0.183 e. The molecule has 1 N–H and O–H groups in total. The van der Waals surface area contributed by atoms with Crippen molar-refractivity contribution in [3.63, 3.8) is 0 Å². The molecule has 0 unspecified atom stereocenters. The number of para-hydroxylation sites is 4. The molecular formula is C17H15ClN2O2S. The van der Waals surface area contributed by atoms with Crippen molar-refractivity contribution in [2.75, 3.05) is 12.4 Å². The number of hydrogen-bond donors (Lipinski definition) is 1. The van der Waals surface area contributed by atoms with Crippen molar-refractivity contribution in [2.24, 2.45) is 0 Å². The number of ether oxygens (including phenoxy) is 2. The molecule has 0 aliphatic rings. The van der Waals surface area contributed by atoms with Gasteiger partial charge in [0.15, 0.2) is 21.7 Å². The van der Waals surface area contributed by atoms with Crippen molar-refractivity contribution >= 4 is 28.6 Å². The van der Waals surface area contributed by atoms with E-state index in [2.05, 4.69) is 10.3 Å². The van der Waals surface area contributed by atoms with Gasteiger partial charge >= 0.3 is 0 Å². The van der Waals surface area contributed by atoms with Crippen LogP contribution in [0.4, 0.5) is 5.69 Å². The lowest BCUT2D eigenvalue weighted by molar-refractivity contribution is 0.379. The molecule has 118 valence electrons. The molecule has 0 radical (unpaired) electrons. The predicted molar refractivity (Wildman–Crippen MR) is 94.0 cm³/mol. The number of nitrogens with one attached hydrogen (secondary N) is 1. The summed E-state index contributed by atoms with van der Waals surface area (Å²) in [6.45, 7) is 0.636. The maximum Gasteiger partial charge on any atom is 0.183 e. The van der Waals surface area contributed by atoms with E-state index < -0.39 is 0 Å². The first-order valence-electron chi connectivity index (χ1n) is 7.00. The van der Waals surface area contributed by atoms with Crippen LogP contribution in [-0.2, 0) is 6.54 Å². The second-order valence-corrected chi connectivity index (χ2v) is 6.38. The van der Waals surface area contributed by atoms with E-state index >= 15 is 0 Å². The van der Waals surface area contributed by atoms with Crippen molar-refractivity contribution in [3.8, 4) is 17.2 Å². The summed E-state index contributed by atoms with van der Waals surface area (Å²) in [7, 11) is 1.62. The summed E-state index contributed by atoms with van der Waals surface area (Å²) >= 11 is 7.31. The van der Waals surface area contributed by atoms with Gasteiger partial charge in [-0.05, 0) is 24.3 Å². The number of anilines is 1. The van der Waals surface area contributed by atoms with Crippen molar-refractivity contribution in [2.45, 2.75) is 6.54 Å².